The maximum atomic E-state index is 12.6. The molecular formula is C17H27NO2. The number of likely N-dealkylation sites (tertiary alicyclic amines) is 1. The van der Waals surface area contributed by atoms with Gasteiger partial charge in [0.2, 0.25) is 5.91 Å². The minimum absolute atomic E-state index is 0.310. The van der Waals surface area contributed by atoms with Crippen molar-refractivity contribution in [1.82, 2.24) is 4.90 Å². The van der Waals surface area contributed by atoms with Crippen LogP contribution in [0.4, 0.5) is 0 Å². The number of rotatable bonds is 2. The molecule has 0 aromatic rings. The Balaban J connectivity index is 1.45. The minimum Gasteiger partial charge on any atom is -0.388 e. The van der Waals surface area contributed by atoms with Gasteiger partial charge < -0.3 is 10.0 Å². The summed E-state index contributed by atoms with van der Waals surface area (Å²) in [5.41, 5.74) is -0.322. The average molecular weight is 277 g/mol. The first-order valence-corrected chi connectivity index (χ1v) is 8.43. The van der Waals surface area contributed by atoms with Crippen molar-refractivity contribution in [2.75, 3.05) is 13.1 Å². The molecule has 1 aliphatic heterocycles. The van der Waals surface area contributed by atoms with Crippen molar-refractivity contribution in [2.24, 2.45) is 23.2 Å². The van der Waals surface area contributed by atoms with Crippen molar-refractivity contribution < 1.29 is 9.90 Å². The number of hydrogen-bond acceptors (Lipinski definition) is 2. The molecule has 1 amide bonds. The van der Waals surface area contributed by atoms with E-state index >= 15 is 0 Å². The van der Waals surface area contributed by atoms with E-state index in [0.717, 1.165) is 37.1 Å². The molecule has 1 N–H and O–H groups in total. The molecule has 4 bridgehead atoms. The third-order valence-electron chi connectivity index (χ3n) is 6.50. The zero-order chi connectivity index (χ0) is 14.0. The van der Waals surface area contributed by atoms with Crippen molar-refractivity contribution in [1.29, 1.82) is 0 Å². The lowest BCUT2D eigenvalue weighted by Crippen LogP contribution is -2.48. The van der Waals surface area contributed by atoms with E-state index in [1.165, 1.54) is 38.5 Å². The van der Waals surface area contributed by atoms with Gasteiger partial charge in [-0.25, -0.2) is 0 Å². The number of carbonyl (C=O) groups is 1. The predicted molar refractivity (Wildman–Crippen MR) is 77.0 cm³/mol. The Morgan fingerprint density at radius 1 is 1.15 bits per heavy atom. The van der Waals surface area contributed by atoms with Gasteiger partial charge in [-0.1, -0.05) is 0 Å². The molecule has 0 spiro atoms. The molecule has 1 atom stereocenters. The summed E-state index contributed by atoms with van der Waals surface area (Å²) in [6, 6.07) is 0. The van der Waals surface area contributed by atoms with Crippen LogP contribution in [-0.4, -0.2) is 34.6 Å². The Morgan fingerprint density at radius 3 is 2.15 bits per heavy atom. The van der Waals surface area contributed by atoms with Gasteiger partial charge in [0.05, 0.1) is 5.60 Å². The van der Waals surface area contributed by atoms with Crippen molar-refractivity contribution in [2.45, 2.75) is 63.9 Å². The third kappa shape index (κ3) is 2.18. The molecule has 4 saturated carbocycles. The number of aliphatic hydroxyl groups is 1. The Morgan fingerprint density at radius 2 is 1.70 bits per heavy atom. The van der Waals surface area contributed by atoms with E-state index in [2.05, 4.69) is 0 Å². The zero-order valence-corrected chi connectivity index (χ0v) is 12.6. The van der Waals surface area contributed by atoms with Crippen LogP contribution in [0.15, 0.2) is 0 Å². The zero-order valence-electron chi connectivity index (χ0n) is 12.6. The Hall–Kier alpha value is -0.570. The average Bonchev–Trinajstić information content (AvgIpc) is 2.67. The molecule has 112 valence electrons. The fourth-order valence-electron chi connectivity index (χ4n) is 6.10. The minimum atomic E-state index is -0.656. The molecule has 4 aliphatic carbocycles. The van der Waals surface area contributed by atoms with Crippen molar-refractivity contribution in [3.05, 3.63) is 0 Å². The molecule has 1 unspecified atom stereocenters. The summed E-state index contributed by atoms with van der Waals surface area (Å²) in [6.45, 7) is 3.14. The Labute approximate surface area is 121 Å². The molecule has 0 aromatic carbocycles. The summed E-state index contributed by atoms with van der Waals surface area (Å²) in [6.07, 6.45) is 9.70. The van der Waals surface area contributed by atoms with Gasteiger partial charge in [-0.05, 0) is 75.0 Å². The van der Waals surface area contributed by atoms with E-state index < -0.39 is 5.60 Å². The van der Waals surface area contributed by atoms with Gasteiger partial charge >= 0.3 is 0 Å². The summed E-state index contributed by atoms with van der Waals surface area (Å²) in [7, 11) is 0. The molecule has 3 heteroatoms. The summed E-state index contributed by atoms with van der Waals surface area (Å²) in [5.74, 6) is 3.05. The molecule has 1 heterocycles. The number of hydrogen-bond donors (Lipinski definition) is 1. The van der Waals surface area contributed by atoms with Crippen molar-refractivity contribution in [3.63, 3.8) is 0 Å². The Kier molecular flexibility index (Phi) is 2.77. The number of β-amino-alcohol motifs (C(OH)–C–C–N with tert-alkyl or cyclic N) is 1. The first kappa shape index (κ1) is 13.1. The molecule has 0 radical (unpaired) electrons. The summed E-state index contributed by atoms with van der Waals surface area (Å²) in [5, 5.41) is 10.0. The van der Waals surface area contributed by atoms with Gasteiger partial charge in [0.1, 0.15) is 0 Å². The number of nitrogens with zero attached hydrogens (tertiary/aromatic N) is 1. The van der Waals surface area contributed by atoms with Gasteiger partial charge in [-0.15, -0.1) is 0 Å². The first-order chi connectivity index (χ1) is 9.43. The standard InChI is InChI=1S/C17H27NO2/c1-16(20)2-3-18(11-16)15(19)10-17-7-12-4-13(8-17)6-14(5-12)9-17/h12-14,20H,2-11H2,1H3. The monoisotopic (exact) mass is 277 g/mol. The molecule has 1 saturated heterocycles. The van der Waals surface area contributed by atoms with Crippen LogP contribution in [0.3, 0.4) is 0 Å². The highest BCUT2D eigenvalue weighted by Gasteiger charge is 2.52. The van der Waals surface area contributed by atoms with Crippen LogP contribution in [0.25, 0.3) is 0 Å². The smallest absolute Gasteiger partial charge is 0.223 e. The lowest BCUT2D eigenvalue weighted by Gasteiger charge is -2.56. The van der Waals surface area contributed by atoms with E-state index in [4.69, 9.17) is 0 Å². The quantitative estimate of drug-likeness (QED) is 0.843. The third-order valence-corrected chi connectivity index (χ3v) is 6.50. The van der Waals surface area contributed by atoms with E-state index in [1.807, 2.05) is 11.8 Å². The van der Waals surface area contributed by atoms with Gasteiger partial charge in [-0.3, -0.25) is 4.79 Å². The molecule has 5 rings (SSSR count). The van der Waals surface area contributed by atoms with E-state index in [1.54, 1.807) is 0 Å². The molecule has 5 aliphatic rings. The topological polar surface area (TPSA) is 40.5 Å². The van der Waals surface area contributed by atoms with Gasteiger partial charge in [0.15, 0.2) is 0 Å². The lowest BCUT2D eigenvalue weighted by molar-refractivity contribution is -0.139. The molecule has 3 nitrogen and oxygen atoms in total. The maximum Gasteiger partial charge on any atom is 0.223 e. The largest absolute Gasteiger partial charge is 0.388 e. The highest BCUT2D eigenvalue weighted by atomic mass is 16.3. The van der Waals surface area contributed by atoms with Gasteiger partial charge in [-0.2, -0.15) is 0 Å². The maximum absolute atomic E-state index is 12.6. The van der Waals surface area contributed by atoms with Gasteiger partial charge in [0, 0.05) is 19.5 Å². The second-order valence-corrected chi connectivity index (χ2v) is 8.66. The van der Waals surface area contributed by atoms with Crippen LogP contribution < -0.4 is 0 Å². The van der Waals surface area contributed by atoms with E-state index in [-0.39, 0.29) is 0 Å². The van der Waals surface area contributed by atoms with Gasteiger partial charge in [0.25, 0.3) is 0 Å². The molecular weight excluding hydrogens is 250 g/mol. The lowest BCUT2D eigenvalue weighted by atomic mass is 9.49. The molecule has 0 aromatic heterocycles. The summed E-state index contributed by atoms with van der Waals surface area (Å²) >= 11 is 0. The van der Waals surface area contributed by atoms with Crippen molar-refractivity contribution in [3.8, 4) is 0 Å². The number of carbonyl (C=O) groups excluding carboxylic acids is 1. The van der Waals surface area contributed by atoms with Crippen molar-refractivity contribution >= 4 is 5.91 Å². The predicted octanol–water partition coefficient (Wildman–Crippen LogP) is 2.58. The van der Waals surface area contributed by atoms with Crippen LogP contribution in [0.2, 0.25) is 0 Å². The fraction of sp³-hybridized carbons (Fsp3) is 0.941. The van der Waals surface area contributed by atoms with E-state index in [0.29, 0.717) is 17.9 Å². The normalized spacial score (nSPS) is 49.9. The second kappa shape index (κ2) is 4.22. The summed E-state index contributed by atoms with van der Waals surface area (Å²) in [4.78, 5) is 14.5. The van der Waals surface area contributed by atoms with Crippen LogP contribution in [-0.2, 0) is 4.79 Å². The Bertz CT molecular complexity index is 393. The molecule has 5 fully saturated rings. The highest BCUT2D eigenvalue weighted by Crippen LogP contribution is 2.61. The first-order valence-electron chi connectivity index (χ1n) is 8.43. The summed E-state index contributed by atoms with van der Waals surface area (Å²) < 4.78 is 0. The van der Waals surface area contributed by atoms with Crippen LogP contribution in [0.5, 0.6) is 0 Å². The highest BCUT2D eigenvalue weighted by molar-refractivity contribution is 5.77. The second-order valence-electron chi connectivity index (χ2n) is 8.66. The van der Waals surface area contributed by atoms with Crippen LogP contribution >= 0.6 is 0 Å². The SMILES string of the molecule is CC1(O)CCN(C(=O)CC23CC4CC(CC(C4)C2)C3)C1. The fourth-order valence-corrected chi connectivity index (χ4v) is 6.10. The van der Waals surface area contributed by atoms with E-state index in [9.17, 15) is 9.90 Å². The van der Waals surface area contributed by atoms with Crippen LogP contribution in [0, 0.1) is 23.2 Å². The van der Waals surface area contributed by atoms with Crippen LogP contribution in [0.1, 0.15) is 58.3 Å². The number of amides is 1. The molecule has 20 heavy (non-hydrogen) atoms.